The summed E-state index contributed by atoms with van der Waals surface area (Å²) in [6.07, 6.45) is 8.80. The molecule has 0 atom stereocenters. The van der Waals surface area contributed by atoms with Crippen LogP contribution in [0.1, 0.15) is 42.3 Å². The fourth-order valence-corrected chi connectivity index (χ4v) is 3.73. The lowest BCUT2D eigenvalue weighted by molar-refractivity contribution is -0.111. The van der Waals surface area contributed by atoms with Gasteiger partial charge in [-0.25, -0.2) is 4.98 Å². The molecule has 0 saturated carbocycles. The van der Waals surface area contributed by atoms with Crippen molar-refractivity contribution >= 4 is 40.9 Å². The average molecular weight is 379 g/mol. The Balaban J connectivity index is 0.00000225. The van der Waals surface area contributed by atoms with Crippen LogP contribution in [0.3, 0.4) is 0 Å². The zero-order valence-corrected chi connectivity index (χ0v) is 15.9. The molecule has 3 rings (SSSR count). The molecule has 1 aliphatic rings. The molecule has 1 N–H and O–H groups in total. The first-order valence-electron chi connectivity index (χ1n) is 8.45. The smallest absolute Gasteiger partial charge is 0.250 e. The third-order valence-corrected chi connectivity index (χ3v) is 4.94. The number of amides is 1. The summed E-state index contributed by atoms with van der Waals surface area (Å²) in [5.74, 6) is 0.638. The van der Waals surface area contributed by atoms with Crippen molar-refractivity contribution in [2.24, 2.45) is 0 Å². The van der Waals surface area contributed by atoms with Gasteiger partial charge in [0.1, 0.15) is 5.75 Å². The van der Waals surface area contributed by atoms with E-state index in [4.69, 9.17) is 4.74 Å². The fraction of sp³-hybridized carbons (Fsp3) is 0.368. The van der Waals surface area contributed by atoms with Gasteiger partial charge in [0.05, 0.1) is 12.3 Å². The summed E-state index contributed by atoms with van der Waals surface area (Å²) < 4.78 is 5.70. The van der Waals surface area contributed by atoms with Gasteiger partial charge in [0.2, 0.25) is 5.91 Å². The zero-order chi connectivity index (χ0) is 16.8. The molecule has 134 valence electrons. The number of ether oxygens (including phenoxy) is 1. The molecule has 0 radical (unpaired) electrons. The van der Waals surface area contributed by atoms with E-state index in [-0.39, 0.29) is 18.3 Å². The molecule has 2 aromatic rings. The highest BCUT2D eigenvalue weighted by Gasteiger charge is 2.15. The molecule has 0 aliphatic heterocycles. The number of rotatable bonds is 6. The van der Waals surface area contributed by atoms with Gasteiger partial charge in [-0.3, -0.25) is 10.1 Å². The fourth-order valence-electron chi connectivity index (χ4n) is 2.68. The van der Waals surface area contributed by atoms with Crippen LogP contribution in [0.5, 0.6) is 5.75 Å². The second-order valence-corrected chi connectivity index (χ2v) is 6.89. The van der Waals surface area contributed by atoms with Crippen molar-refractivity contribution < 1.29 is 9.53 Å². The lowest BCUT2D eigenvalue weighted by Crippen LogP contribution is -2.07. The standard InChI is InChI=1S/C19H22N2O2S.ClH/c1-2-13-23-16-9-5-3-7-14(16)11-12-18(22)21-19-20-15-8-4-6-10-17(15)24-19;/h3,5,7,9,11-12H,2,4,6,8,10,13H2,1H3,(H,20,21,22);1H/b12-11+;. The van der Waals surface area contributed by atoms with E-state index in [0.717, 1.165) is 36.3 Å². The Morgan fingerprint density at radius 2 is 2.12 bits per heavy atom. The molecule has 1 aromatic heterocycles. The maximum absolute atomic E-state index is 12.2. The van der Waals surface area contributed by atoms with Crippen LogP contribution in [0, 0.1) is 0 Å². The average Bonchev–Trinajstić information content (AvgIpc) is 3.01. The Hall–Kier alpha value is -1.85. The van der Waals surface area contributed by atoms with Gasteiger partial charge < -0.3 is 4.74 Å². The molecule has 0 fully saturated rings. The molecule has 0 bridgehead atoms. The quantitative estimate of drug-likeness (QED) is 0.728. The van der Waals surface area contributed by atoms with Crippen molar-refractivity contribution in [3.05, 3.63) is 46.5 Å². The number of halogens is 1. The first-order valence-corrected chi connectivity index (χ1v) is 9.27. The molecule has 6 heteroatoms. The van der Waals surface area contributed by atoms with Gasteiger partial charge >= 0.3 is 0 Å². The van der Waals surface area contributed by atoms with Gasteiger partial charge in [0.15, 0.2) is 5.13 Å². The summed E-state index contributed by atoms with van der Waals surface area (Å²) in [4.78, 5) is 18.0. The van der Waals surface area contributed by atoms with Crippen molar-refractivity contribution in [2.75, 3.05) is 11.9 Å². The SMILES string of the molecule is CCCOc1ccccc1/C=C/C(=O)Nc1nc2c(s1)CCCC2.Cl. The number of carbonyl (C=O) groups excluding carboxylic acids is 1. The molecular weight excluding hydrogens is 356 g/mol. The van der Waals surface area contributed by atoms with Gasteiger partial charge in [-0.15, -0.1) is 23.7 Å². The number of hydrogen-bond donors (Lipinski definition) is 1. The number of aryl methyl sites for hydroxylation is 2. The minimum absolute atomic E-state index is 0. The minimum Gasteiger partial charge on any atom is -0.493 e. The Bertz CT molecular complexity index is 719. The lowest BCUT2D eigenvalue weighted by Gasteiger charge is -2.07. The van der Waals surface area contributed by atoms with E-state index in [2.05, 4.69) is 17.2 Å². The largest absolute Gasteiger partial charge is 0.493 e. The summed E-state index contributed by atoms with van der Waals surface area (Å²) in [5.41, 5.74) is 2.06. The van der Waals surface area contributed by atoms with Crippen LogP contribution in [0.4, 0.5) is 5.13 Å². The molecule has 1 aromatic carbocycles. The van der Waals surface area contributed by atoms with Crippen molar-refractivity contribution in [2.45, 2.75) is 39.0 Å². The Morgan fingerprint density at radius 1 is 1.32 bits per heavy atom. The maximum Gasteiger partial charge on any atom is 0.250 e. The highest BCUT2D eigenvalue weighted by Crippen LogP contribution is 2.29. The number of anilines is 1. The van der Waals surface area contributed by atoms with Gasteiger partial charge in [0.25, 0.3) is 0 Å². The highest BCUT2D eigenvalue weighted by atomic mass is 35.5. The number of thiazole rings is 1. The molecule has 0 saturated heterocycles. The van der Waals surface area contributed by atoms with E-state index in [1.165, 1.54) is 23.8 Å². The number of nitrogens with zero attached hydrogens (tertiary/aromatic N) is 1. The third-order valence-electron chi connectivity index (χ3n) is 3.87. The van der Waals surface area contributed by atoms with E-state index in [1.54, 1.807) is 17.4 Å². The van der Waals surface area contributed by atoms with E-state index in [1.807, 2.05) is 24.3 Å². The maximum atomic E-state index is 12.2. The van der Waals surface area contributed by atoms with Gasteiger partial charge in [-0.1, -0.05) is 25.1 Å². The van der Waals surface area contributed by atoms with Crippen LogP contribution in [0.2, 0.25) is 0 Å². The first kappa shape index (κ1) is 19.5. The predicted octanol–water partition coefficient (Wildman–Crippen LogP) is 4.88. The van der Waals surface area contributed by atoms with Gasteiger partial charge in [-0.2, -0.15) is 0 Å². The second kappa shape index (κ2) is 9.59. The predicted molar refractivity (Wildman–Crippen MR) is 106 cm³/mol. The van der Waals surface area contributed by atoms with E-state index < -0.39 is 0 Å². The summed E-state index contributed by atoms with van der Waals surface area (Å²) in [5, 5.41) is 3.57. The van der Waals surface area contributed by atoms with Gasteiger partial charge in [-0.05, 0) is 44.2 Å². The molecular formula is C19H23ClN2O2S. The van der Waals surface area contributed by atoms with Crippen molar-refractivity contribution in [3.63, 3.8) is 0 Å². The first-order chi connectivity index (χ1) is 11.8. The summed E-state index contributed by atoms with van der Waals surface area (Å²) in [6, 6.07) is 7.73. The molecule has 1 heterocycles. The number of benzene rings is 1. The molecule has 0 spiro atoms. The van der Waals surface area contributed by atoms with Crippen LogP contribution >= 0.6 is 23.7 Å². The normalized spacial score (nSPS) is 13.2. The van der Waals surface area contributed by atoms with Crippen LogP contribution in [0.25, 0.3) is 6.08 Å². The van der Waals surface area contributed by atoms with E-state index >= 15 is 0 Å². The summed E-state index contributed by atoms with van der Waals surface area (Å²) in [7, 11) is 0. The van der Waals surface area contributed by atoms with Crippen LogP contribution < -0.4 is 10.1 Å². The van der Waals surface area contributed by atoms with Crippen molar-refractivity contribution in [1.29, 1.82) is 0 Å². The Labute approximate surface area is 158 Å². The molecule has 25 heavy (non-hydrogen) atoms. The number of nitrogens with one attached hydrogen (secondary N) is 1. The molecule has 4 nitrogen and oxygen atoms in total. The third kappa shape index (κ3) is 5.31. The number of para-hydroxylation sites is 1. The summed E-state index contributed by atoms with van der Waals surface area (Å²) >= 11 is 1.60. The molecule has 0 unspecified atom stereocenters. The minimum atomic E-state index is -0.161. The highest BCUT2D eigenvalue weighted by molar-refractivity contribution is 7.15. The van der Waals surface area contributed by atoms with E-state index in [0.29, 0.717) is 11.7 Å². The van der Waals surface area contributed by atoms with Crippen molar-refractivity contribution in [1.82, 2.24) is 4.98 Å². The molecule has 1 amide bonds. The van der Waals surface area contributed by atoms with E-state index in [9.17, 15) is 4.79 Å². The van der Waals surface area contributed by atoms with Crippen LogP contribution in [0.15, 0.2) is 30.3 Å². The molecule has 1 aliphatic carbocycles. The number of fused-ring (bicyclic) bond motifs is 1. The second-order valence-electron chi connectivity index (χ2n) is 5.80. The van der Waals surface area contributed by atoms with Crippen LogP contribution in [-0.4, -0.2) is 17.5 Å². The number of carbonyl (C=O) groups is 1. The van der Waals surface area contributed by atoms with Crippen LogP contribution in [-0.2, 0) is 17.6 Å². The zero-order valence-electron chi connectivity index (χ0n) is 14.3. The topological polar surface area (TPSA) is 51.2 Å². The number of aromatic nitrogens is 1. The lowest BCUT2D eigenvalue weighted by atomic mass is 10.0. The van der Waals surface area contributed by atoms with Gasteiger partial charge in [0, 0.05) is 16.5 Å². The summed E-state index contributed by atoms with van der Waals surface area (Å²) in [6.45, 7) is 2.74. The Morgan fingerprint density at radius 3 is 2.92 bits per heavy atom. The monoisotopic (exact) mass is 378 g/mol. The Kier molecular flexibility index (Phi) is 7.47. The van der Waals surface area contributed by atoms with Crippen molar-refractivity contribution in [3.8, 4) is 5.75 Å². The number of hydrogen-bond acceptors (Lipinski definition) is 4.